The Labute approximate surface area is 154 Å². The standard InChI is InChI=1S/C16H36N4O.HI/c1-7-17-15(18-10-9-16(2,3)4)19-11-13-20(5)12-8-14-21-6;/h7-14H2,1-6H3,(H2,17,18,19);1H. The summed E-state index contributed by atoms with van der Waals surface area (Å²) in [5.41, 5.74) is 0.336. The molecule has 2 N–H and O–H groups in total. The largest absolute Gasteiger partial charge is 0.385 e. The van der Waals surface area contributed by atoms with E-state index in [-0.39, 0.29) is 24.0 Å². The molecule has 0 aromatic heterocycles. The third-order valence-electron chi connectivity index (χ3n) is 3.15. The van der Waals surface area contributed by atoms with E-state index in [0.29, 0.717) is 5.41 Å². The van der Waals surface area contributed by atoms with E-state index in [1.807, 2.05) is 0 Å². The lowest BCUT2D eigenvalue weighted by Crippen LogP contribution is -2.41. The van der Waals surface area contributed by atoms with E-state index >= 15 is 0 Å². The molecule has 0 radical (unpaired) electrons. The summed E-state index contributed by atoms with van der Waals surface area (Å²) in [6.45, 7) is 14.4. The molecule has 0 aromatic rings. The normalized spacial score (nSPS) is 12.2. The van der Waals surface area contributed by atoms with Crippen molar-refractivity contribution in [3.8, 4) is 0 Å². The molecule has 0 rings (SSSR count). The van der Waals surface area contributed by atoms with Crippen molar-refractivity contribution in [1.29, 1.82) is 0 Å². The monoisotopic (exact) mass is 428 g/mol. The summed E-state index contributed by atoms with van der Waals surface area (Å²) in [5.74, 6) is 0.923. The fourth-order valence-corrected chi connectivity index (χ4v) is 1.80. The highest BCUT2D eigenvalue weighted by Gasteiger charge is 2.09. The maximum absolute atomic E-state index is 5.07. The summed E-state index contributed by atoms with van der Waals surface area (Å²) >= 11 is 0. The Hall–Kier alpha value is -0.0800. The number of ether oxygens (including phenoxy) is 1. The number of halogens is 1. The lowest BCUT2D eigenvalue weighted by Gasteiger charge is -2.19. The number of methoxy groups -OCH3 is 1. The second-order valence-electron chi connectivity index (χ2n) is 6.65. The fourth-order valence-electron chi connectivity index (χ4n) is 1.80. The van der Waals surface area contributed by atoms with E-state index in [0.717, 1.165) is 58.1 Å². The van der Waals surface area contributed by atoms with Crippen molar-refractivity contribution in [3.63, 3.8) is 0 Å². The van der Waals surface area contributed by atoms with Gasteiger partial charge in [0.05, 0.1) is 0 Å². The van der Waals surface area contributed by atoms with Gasteiger partial charge in [-0.2, -0.15) is 0 Å². The van der Waals surface area contributed by atoms with E-state index < -0.39 is 0 Å². The van der Waals surface area contributed by atoms with Crippen LogP contribution in [0.15, 0.2) is 4.99 Å². The molecule has 5 nitrogen and oxygen atoms in total. The minimum atomic E-state index is 0. The molecule has 0 atom stereocenters. The van der Waals surface area contributed by atoms with Crippen molar-refractivity contribution >= 4 is 29.9 Å². The SMILES string of the molecule is CCNC(=NCCC(C)(C)C)NCCN(C)CCCOC.I. The second-order valence-corrected chi connectivity index (χ2v) is 6.65. The average Bonchev–Trinajstić information content (AvgIpc) is 2.37. The predicted octanol–water partition coefficient (Wildman–Crippen LogP) is 2.56. The number of aliphatic imine (C=N–C) groups is 1. The third kappa shape index (κ3) is 16.3. The van der Waals surface area contributed by atoms with E-state index in [9.17, 15) is 0 Å². The number of guanidine groups is 1. The number of likely N-dealkylation sites (N-methyl/N-ethyl adjacent to an activating group) is 1. The van der Waals surface area contributed by atoms with Crippen molar-refractivity contribution in [2.45, 2.75) is 40.5 Å². The van der Waals surface area contributed by atoms with Crippen LogP contribution in [0, 0.1) is 5.41 Å². The maximum atomic E-state index is 5.07. The molecule has 0 bridgehead atoms. The Bertz CT molecular complexity index is 280. The lowest BCUT2D eigenvalue weighted by molar-refractivity contribution is 0.180. The molecule has 22 heavy (non-hydrogen) atoms. The fraction of sp³-hybridized carbons (Fsp3) is 0.938. The van der Waals surface area contributed by atoms with Crippen molar-refractivity contribution in [2.75, 3.05) is 53.5 Å². The minimum absolute atomic E-state index is 0. The molecule has 0 amide bonds. The predicted molar refractivity (Wildman–Crippen MR) is 107 cm³/mol. The first-order valence-corrected chi connectivity index (χ1v) is 8.08. The number of hydrogen-bond donors (Lipinski definition) is 2. The summed E-state index contributed by atoms with van der Waals surface area (Å²) in [7, 11) is 3.89. The molecule has 0 heterocycles. The average molecular weight is 428 g/mol. The van der Waals surface area contributed by atoms with Gasteiger partial charge in [-0.3, -0.25) is 4.99 Å². The maximum Gasteiger partial charge on any atom is 0.191 e. The highest BCUT2D eigenvalue weighted by atomic mass is 127. The molecular weight excluding hydrogens is 391 g/mol. The first-order chi connectivity index (χ1) is 9.89. The van der Waals surface area contributed by atoms with Gasteiger partial charge in [-0.25, -0.2) is 0 Å². The zero-order valence-electron chi connectivity index (χ0n) is 15.4. The molecule has 0 aromatic carbocycles. The summed E-state index contributed by atoms with van der Waals surface area (Å²) in [4.78, 5) is 6.94. The zero-order chi connectivity index (χ0) is 16.1. The molecule has 0 unspecified atom stereocenters. The van der Waals surface area contributed by atoms with Gasteiger partial charge >= 0.3 is 0 Å². The molecular formula is C16H37IN4O. The van der Waals surface area contributed by atoms with Gasteiger partial charge in [-0.1, -0.05) is 20.8 Å². The van der Waals surface area contributed by atoms with Gasteiger partial charge in [0.25, 0.3) is 0 Å². The van der Waals surface area contributed by atoms with Gasteiger partial charge in [0.1, 0.15) is 0 Å². The number of nitrogens with zero attached hydrogens (tertiary/aromatic N) is 2. The number of nitrogens with one attached hydrogen (secondary N) is 2. The van der Waals surface area contributed by atoms with Crippen LogP contribution in [0.4, 0.5) is 0 Å². The van der Waals surface area contributed by atoms with Crippen LogP contribution in [-0.2, 0) is 4.74 Å². The summed E-state index contributed by atoms with van der Waals surface area (Å²) < 4.78 is 5.07. The van der Waals surface area contributed by atoms with Crippen LogP contribution in [-0.4, -0.2) is 64.3 Å². The van der Waals surface area contributed by atoms with Crippen molar-refractivity contribution in [1.82, 2.24) is 15.5 Å². The van der Waals surface area contributed by atoms with Crippen LogP contribution in [0.1, 0.15) is 40.5 Å². The molecule has 0 fully saturated rings. The molecule has 134 valence electrons. The summed E-state index contributed by atoms with van der Waals surface area (Å²) in [6, 6.07) is 0. The van der Waals surface area contributed by atoms with Gasteiger partial charge in [-0.05, 0) is 32.2 Å². The molecule has 0 spiro atoms. The minimum Gasteiger partial charge on any atom is -0.385 e. The topological polar surface area (TPSA) is 48.9 Å². The quantitative estimate of drug-likeness (QED) is 0.243. The highest BCUT2D eigenvalue weighted by Crippen LogP contribution is 2.17. The molecule has 0 saturated heterocycles. The Morgan fingerprint density at radius 1 is 1.18 bits per heavy atom. The molecule has 0 aliphatic heterocycles. The van der Waals surface area contributed by atoms with Crippen LogP contribution < -0.4 is 10.6 Å². The van der Waals surface area contributed by atoms with E-state index in [4.69, 9.17) is 4.74 Å². The van der Waals surface area contributed by atoms with Crippen LogP contribution in [0.2, 0.25) is 0 Å². The van der Waals surface area contributed by atoms with Gasteiger partial charge < -0.3 is 20.3 Å². The first-order valence-electron chi connectivity index (χ1n) is 8.08. The van der Waals surface area contributed by atoms with Gasteiger partial charge in [0.15, 0.2) is 5.96 Å². The second kappa shape index (κ2) is 14.5. The van der Waals surface area contributed by atoms with E-state index in [2.05, 4.69) is 55.3 Å². The Kier molecular flexibility index (Phi) is 15.9. The Balaban J connectivity index is 0. The Morgan fingerprint density at radius 2 is 1.86 bits per heavy atom. The number of hydrogen-bond acceptors (Lipinski definition) is 3. The zero-order valence-corrected chi connectivity index (χ0v) is 17.7. The molecule has 0 aliphatic rings. The van der Waals surface area contributed by atoms with E-state index in [1.54, 1.807) is 7.11 Å². The van der Waals surface area contributed by atoms with Crippen molar-refractivity contribution in [3.05, 3.63) is 0 Å². The molecule has 0 aliphatic carbocycles. The van der Waals surface area contributed by atoms with Gasteiger partial charge in [-0.15, -0.1) is 24.0 Å². The van der Waals surface area contributed by atoms with Crippen LogP contribution >= 0.6 is 24.0 Å². The highest BCUT2D eigenvalue weighted by molar-refractivity contribution is 14.0. The Morgan fingerprint density at radius 3 is 2.41 bits per heavy atom. The third-order valence-corrected chi connectivity index (χ3v) is 3.15. The smallest absolute Gasteiger partial charge is 0.191 e. The molecule has 0 saturated carbocycles. The van der Waals surface area contributed by atoms with Crippen LogP contribution in [0.5, 0.6) is 0 Å². The first kappa shape index (κ1) is 24.2. The van der Waals surface area contributed by atoms with Crippen molar-refractivity contribution < 1.29 is 4.74 Å². The van der Waals surface area contributed by atoms with Gasteiger partial charge in [0, 0.05) is 46.4 Å². The van der Waals surface area contributed by atoms with E-state index in [1.165, 1.54) is 0 Å². The molecule has 6 heteroatoms. The summed E-state index contributed by atoms with van der Waals surface area (Å²) in [6.07, 6.45) is 2.17. The summed E-state index contributed by atoms with van der Waals surface area (Å²) in [5, 5.41) is 6.69. The van der Waals surface area contributed by atoms with Crippen LogP contribution in [0.25, 0.3) is 0 Å². The van der Waals surface area contributed by atoms with Crippen LogP contribution in [0.3, 0.4) is 0 Å². The van der Waals surface area contributed by atoms with Gasteiger partial charge in [0.2, 0.25) is 0 Å². The van der Waals surface area contributed by atoms with Crippen molar-refractivity contribution in [2.24, 2.45) is 10.4 Å². The number of rotatable bonds is 10. The lowest BCUT2D eigenvalue weighted by atomic mass is 9.93.